The maximum atomic E-state index is 10.7. The van der Waals surface area contributed by atoms with Crippen molar-refractivity contribution in [3.8, 4) is 11.5 Å². The van der Waals surface area contributed by atoms with Crippen LogP contribution in [0.15, 0.2) is 97.1 Å². The van der Waals surface area contributed by atoms with Gasteiger partial charge in [-0.3, -0.25) is 0 Å². The van der Waals surface area contributed by atoms with Crippen LogP contribution in [0.3, 0.4) is 0 Å². The summed E-state index contributed by atoms with van der Waals surface area (Å²) in [5.41, 5.74) is 6.01. The molecular formula is C33H32O4. The number of fused-ring (bicyclic) bond motifs is 3. The molecule has 0 amide bonds. The third kappa shape index (κ3) is 4.55. The van der Waals surface area contributed by atoms with Crippen LogP contribution in [0.25, 0.3) is 5.57 Å². The van der Waals surface area contributed by atoms with Crippen molar-refractivity contribution >= 4 is 11.5 Å². The zero-order valence-electron chi connectivity index (χ0n) is 21.5. The smallest absolute Gasteiger partial charge is 0.196 e. The quantitative estimate of drug-likeness (QED) is 0.240. The highest BCUT2D eigenvalue weighted by Crippen LogP contribution is 2.59. The number of allylic oxidation sites excluding steroid dienone is 4. The second-order valence-corrected chi connectivity index (χ2v) is 9.49. The Kier molecular flexibility index (Phi) is 7.14. The van der Waals surface area contributed by atoms with Gasteiger partial charge in [0.1, 0.15) is 23.5 Å². The third-order valence-corrected chi connectivity index (χ3v) is 7.29. The topological polar surface area (TPSA) is 44.8 Å². The summed E-state index contributed by atoms with van der Waals surface area (Å²) in [5.74, 6) is 3.57. The van der Waals surface area contributed by atoms with Gasteiger partial charge in [0, 0.05) is 18.6 Å². The predicted octanol–water partition coefficient (Wildman–Crippen LogP) is 6.91. The average Bonchev–Trinajstić information content (AvgIpc) is 3.21. The van der Waals surface area contributed by atoms with Gasteiger partial charge >= 0.3 is 0 Å². The van der Waals surface area contributed by atoms with E-state index < -0.39 is 0 Å². The minimum absolute atomic E-state index is 0.257. The standard InChI is InChI=1S/C33H32O4/c1-4-35-24(3)37-28-19-15-26(16-20-28)33(25-13-17-27(18-14-25)36-23(2)21-22-34)31-11-7-5-9-29(31)30-10-6-8-12-32(30)33/h5-11,13-21,23-24,32H,4,12H2,1-3H3. The van der Waals surface area contributed by atoms with Crippen LogP contribution in [0.4, 0.5) is 0 Å². The Labute approximate surface area is 218 Å². The maximum absolute atomic E-state index is 10.7. The molecule has 0 N–H and O–H groups in total. The zero-order valence-corrected chi connectivity index (χ0v) is 21.5. The number of rotatable bonds is 9. The van der Waals surface area contributed by atoms with E-state index in [1.54, 1.807) is 5.94 Å². The lowest BCUT2D eigenvalue weighted by Crippen LogP contribution is -2.34. The molecule has 2 aliphatic rings. The van der Waals surface area contributed by atoms with E-state index in [1.807, 2.05) is 45.0 Å². The van der Waals surface area contributed by atoms with Gasteiger partial charge in [-0.05, 0) is 79.3 Å². The molecule has 0 saturated heterocycles. The Bertz CT molecular complexity index is 1350. The average molecular weight is 493 g/mol. The van der Waals surface area contributed by atoms with E-state index in [2.05, 4.69) is 66.8 Å². The summed E-state index contributed by atoms with van der Waals surface area (Å²) in [5, 5.41) is 0. The first kappa shape index (κ1) is 24.8. The molecule has 0 radical (unpaired) electrons. The predicted molar refractivity (Wildman–Crippen MR) is 147 cm³/mol. The molecule has 0 bridgehead atoms. The van der Waals surface area contributed by atoms with E-state index in [-0.39, 0.29) is 23.7 Å². The first-order valence-electron chi connectivity index (χ1n) is 12.9. The highest BCUT2D eigenvalue weighted by atomic mass is 16.7. The van der Waals surface area contributed by atoms with Gasteiger partial charge in [-0.2, -0.15) is 0 Å². The van der Waals surface area contributed by atoms with Crippen LogP contribution in [0.5, 0.6) is 11.5 Å². The van der Waals surface area contributed by atoms with Gasteiger partial charge in [0.2, 0.25) is 0 Å². The molecule has 0 aromatic heterocycles. The summed E-state index contributed by atoms with van der Waals surface area (Å²) in [7, 11) is 0. The molecule has 4 unspecified atom stereocenters. The highest BCUT2D eigenvalue weighted by molar-refractivity contribution is 5.84. The van der Waals surface area contributed by atoms with Gasteiger partial charge in [0.05, 0.1) is 5.41 Å². The fourth-order valence-corrected chi connectivity index (χ4v) is 5.86. The summed E-state index contributed by atoms with van der Waals surface area (Å²) in [6.45, 7) is 6.30. The van der Waals surface area contributed by atoms with E-state index in [4.69, 9.17) is 14.2 Å². The van der Waals surface area contributed by atoms with Crippen LogP contribution in [0.2, 0.25) is 0 Å². The number of ether oxygens (including phenoxy) is 3. The van der Waals surface area contributed by atoms with Gasteiger partial charge < -0.3 is 14.2 Å². The lowest BCUT2D eigenvalue weighted by atomic mass is 9.63. The molecule has 4 atom stereocenters. The molecule has 0 fully saturated rings. The van der Waals surface area contributed by atoms with Crippen molar-refractivity contribution in [2.45, 2.75) is 45.0 Å². The number of carbonyl (C=O) groups excluding carboxylic acids is 1. The normalized spacial score (nSPS) is 21.2. The van der Waals surface area contributed by atoms with E-state index in [9.17, 15) is 4.79 Å². The van der Waals surface area contributed by atoms with Crippen molar-refractivity contribution in [2.75, 3.05) is 6.61 Å². The molecule has 0 aliphatic heterocycles. The fraction of sp³-hybridized carbons (Fsp3) is 0.273. The molecule has 4 nitrogen and oxygen atoms in total. The largest absolute Gasteiger partial charge is 0.486 e. The summed E-state index contributed by atoms with van der Waals surface area (Å²) >= 11 is 0. The van der Waals surface area contributed by atoms with Gasteiger partial charge in [-0.15, -0.1) is 0 Å². The van der Waals surface area contributed by atoms with Crippen molar-refractivity contribution in [3.63, 3.8) is 0 Å². The van der Waals surface area contributed by atoms with Crippen LogP contribution in [0.1, 0.15) is 49.4 Å². The molecule has 4 heteroatoms. The highest BCUT2D eigenvalue weighted by Gasteiger charge is 2.51. The van der Waals surface area contributed by atoms with E-state index in [0.717, 1.165) is 17.9 Å². The molecular weight excluding hydrogens is 460 g/mol. The molecule has 3 aromatic rings. The molecule has 5 rings (SSSR count). The van der Waals surface area contributed by atoms with Gasteiger partial charge in [0.15, 0.2) is 6.29 Å². The van der Waals surface area contributed by atoms with Crippen LogP contribution < -0.4 is 9.47 Å². The first-order chi connectivity index (χ1) is 18.1. The Morgan fingerprint density at radius 2 is 1.59 bits per heavy atom. The van der Waals surface area contributed by atoms with Gasteiger partial charge in [-0.25, -0.2) is 4.79 Å². The Morgan fingerprint density at radius 1 is 0.946 bits per heavy atom. The monoisotopic (exact) mass is 492 g/mol. The second-order valence-electron chi connectivity index (χ2n) is 9.49. The van der Waals surface area contributed by atoms with Crippen molar-refractivity contribution in [1.82, 2.24) is 0 Å². The molecule has 0 spiro atoms. The van der Waals surface area contributed by atoms with Gasteiger partial charge in [0.25, 0.3) is 0 Å². The Morgan fingerprint density at radius 3 is 2.24 bits per heavy atom. The first-order valence-corrected chi connectivity index (χ1v) is 12.9. The van der Waals surface area contributed by atoms with Crippen molar-refractivity contribution < 1.29 is 19.0 Å². The molecule has 2 aliphatic carbocycles. The summed E-state index contributed by atoms with van der Waals surface area (Å²) in [6.07, 6.45) is 8.38. The van der Waals surface area contributed by atoms with Crippen LogP contribution >= 0.6 is 0 Å². The molecule has 188 valence electrons. The number of benzene rings is 3. The fourth-order valence-electron chi connectivity index (χ4n) is 5.86. The number of hydrogen-bond donors (Lipinski definition) is 0. The molecule has 0 saturated carbocycles. The molecule has 3 aromatic carbocycles. The minimum Gasteiger partial charge on any atom is -0.486 e. The lowest BCUT2D eigenvalue weighted by Gasteiger charge is -2.39. The van der Waals surface area contributed by atoms with Crippen molar-refractivity contribution in [2.24, 2.45) is 5.92 Å². The maximum Gasteiger partial charge on any atom is 0.196 e. The summed E-state index contributed by atoms with van der Waals surface area (Å²) < 4.78 is 17.4. The summed E-state index contributed by atoms with van der Waals surface area (Å²) in [6, 6.07) is 25.5. The van der Waals surface area contributed by atoms with Gasteiger partial charge in [-0.1, -0.05) is 66.8 Å². The van der Waals surface area contributed by atoms with Crippen LogP contribution in [-0.4, -0.2) is 24.9 Å². The SMILES string of the molecule is CCOC(C)Oc1ccc(C2(c3ccc(OC(C)C=C=O)cc3)c3ccccc3C3=CC=CCC32)cc1. The van der Waals surface area contributed by atoms with E-state index >= 15 is 0 Å². The summed E-state index contributed by atoms with van der Waals surface area (Å²) in [4.78, 5) is 10.7. The third-order valence-electron chi connectivity index (χ3n) is 7.29. The van der Waals surface area contributed by atoms with Crippen LogP contribution in [0, 0.1) is 5.92 Å². The van der Waals surface area contributed by atoms with Crippen molar-refractivity contribution in [1.29, 1.82) is 0 Å². The number of hydrogen-bond acceptors (Lipinski definition) is 4. The molecule has 37 heavy (non-hydrogen) atoms. The zero-order chi connectivity index (χ0) is 25.8. The lowest BCUT2D eigenvalue weighted by molar-refractivity contribution is -0.0613. The van der Waals surface area contributed by atoms with E-state index in [1.165, 1.54) is 33.9 Å². The second kappa shape index (κ2) is 10.6. The van der Waals surface area contributed by atoms with Crippen LogP contribution in [-0.2, 0) is 14.9 Å². The minimum atomic E-state index is -0.371. The Hall–Kier alpha value is -3.85. The molecule has 0 heterocycles. The van der Waals surface area contributed by atoms with Crippen molar-refractivity contribution in [3.05, 3.63) is 119 Å². The Balaban J connectivity index is 1.63. The van der Waals surface area contributed by atoms with E-state index in [0.29, 0.717) is 6.61 Å².